The molecule has 0 fully saturated rings. The Labute approximate surface area is 156 Å². The van der Waals surface area contributed by atoms with E-state index in [0.29, 0.717) is 11.4 Å². The van der Waals surface area contributed by atoms with Gasteiger partial charge in [0.2, 0.25) is 0 Å². The SMILES string of the molecule is CC(C)CC(=O)C(CNc1cccc(Cl)c1)=Nc1ccc(Cl)cc1F. The fourth-order valence-corrected chi connectivity index (χ4v) is 2.54. The summed E-state index contributed by atoms with van der Waals surface area (Å²) in [5.41, 5.74) is 1.11. The minimum Gasteiger partial charge on any atom is -0.379 e. The smallest absolute Gasteiger partial charge is 0.179 e. The number of nitrogens with one attached hydrogen (secondary N) is 1. The van der Waals surface area contributed by atoms with Crippen LogP contribution in [0.25, 0.3) is 0 Å². The van der Waals surface area contributed by atoms with E-state index in [4.69, 9.17) is 23.2 Å². The first-order valence-electron chi connectivity index (χ1n) is 7.90. The van der Waals surface area contributed by atoms with Crippen LogP contribution in [0.2, 0.25) is 10.0 Å². The molecule has 0 saturated heterocycles. The van der Waals surface area contributed by atoms with Gasteiger partial charge in [-0.05, 0) is 42.3 Å². The maximum absolute atomic E-state index is 14.0. The fraction of sp³-hybridized carbons (Fsp3) is 0.263. The van der Waals surface area contributed by atoms with Gasteiger partial charge in [0.05, 0.1) is 12.2 Å². The number of carbonyl (C=O) groups is 1. The van der Waals surface area contributed by atoms with Gasteiger partial charge < -0.3 is 5.32 Å². The molecule has 0 aliphatic carbocycles. The second kappa shape index (κ2) is 8.97. The second-order valence-electron chi connectivity index (χ2n) is 6.04. The van der Waals surface area contributed by atoms with Crippen LogP contribution in [0.5, 0.6) is 0 Å². The number of benzene rings is 2. The van der Waals surface area contributed by atoms with Crippen molar-refractivity contribution < 1.29 is 9.18 Å². The molecule has 3 nitrogen and oxygen atoms in total. The Morgan fingerprint density at radius 1 is 1.16 bits per heavy atom. The minimum absolute atomic E-state index is 0.0874. The van der Waals surface area contributed by atoms with Gasteiger partial charge in [-0.15, -0.1) is 0 Å². The zero-order chi connectivity index (χ0) is 18.4. The molecule has 0 aliphatic rings. The van der Waals surface area contributed by atoms with E-state index in [2.05, 4.69) is 10.3 Å². The van der Waals surface area contributed by atoms with Crippen LogP contribution in [-0.2, 0) is 4.79 Å². The summed E-state index contributed by atoms with van der Waals surface area (Å²) in [6.07, 6.45) is 0.339. The number of carbonyl (C=O) groups excluding carboxylic acids is 1. The Morgan fingerprint density at radius 3 is 2.52 bits per heavy atom. The van der Waals surface area contributed by atoms with E-state index in [1.807, 2.05) is 19.9 Å². The number of rotatable bonds is 7. The topological polar surface area (TPSA) is 41.5 Å². The highest BCUT2D eigenvalue weighted by atomic mass is 35.5. The first-order valence-corrected chi connectivity index (χ1v) is 8.66. The highest BCUT2D eigenvalue weighted by Gasteiger charge is 2.15. The number of hydrogen-bond acceptors (Lipinski definition) is 3. The van der Waals surface area contributed by atoms with Gasteiger partial charge in [0, 0.05) is 22.2 Å². The lowest BCUT2D eigenvalue weighted by molar-refractivity contribution is -0.113. The average Bonchev–Trinajstić information content (AvgIpc) is 2.52. The fourth-order valence-electron chi connectivity index (χ4n) is 2.19. The third-order valence-electron chi connectivity index (χ3n) is 3.37. The van der Waals surface area contributed by atoms with E-state index < -0.39 is 5.82 Å². The number of anilines is 1. The van der Waals surface area contributed by atoms with Crippen molar-refractivity contribution in [3.63, 3.8) is 0 Å². The van der Waals surface area contributed by atoms with Gasteiger partial charge in [0.25, 0.3) is 0 Å². The molecule has 0 amide bonds. The molecule has 2 aromatic carbocycles. The normalized spacial score (nSPS) is 11.7. The van der Waals surface area contributed by atoms with Crippen molar-refractivity contribution in [1.82, 2.24) is 0 Å². The van der Waals surface area contributed by atoms with Gasteiger partial charge in [-0.3, -0.25) is 4.79 Å². The van der Waals surface area contributed by atoms with Crippen molar-refractivity contribution in [2.45, 2.75) is 20.3 Å². The van der Waals surface area contributed by atoms with Crippen molar-refractivity contribution in [2.75, 3.05) is 11.9 Å². The highest BCUT2D eigenvalue weighted by molar-refractivity contribution is 6.41. The maximum Gasteiger partial charge on any atom is 0.179 e. The molecule has 0 aromatic heterocycles. The van der Waals surface area contributed by atoms with Crippen LogP contribution in [-0.4, -0.2) is 18.0 Å². The number of halogens is 3. The summed E-state index contributed by atoms with van der Waals surface area (Å²) >= 11 is 11.7. The van der Waals surface area contributed by atoms with E-state index in [0.717, 1.165) is 5.69 Å². The molecule has 132 valence electrons. The molecule has 0 atom stereocenters. The number of hydrogen-bond donors (Lipinski definition) is 1. The lowest BCUT2D eigenvalue weighted by Crippen LogP contribution is -2.24. The molecule has 0 heterocycles. The first kappa shape index (κ1) is 19.4. The van der Waals surface area contributed by atoms with Crippen molar-refractivity contribution in [2.24, 2.45) is 10.9 Å². The van der Waals surface area contributed by atoms with Crippen LogP contribution in [0.15, 0.2) is 47.5 Å². The lowest BCUT2D eigenvalue weighted by Gasteiger charge is -2.11. The Bertz CT molecular complexity index is 791. The van der Waals surface area contributed by atoms with Crippen molar-refractivity contribution in [3.8, 4) is 0 Å². The molecule has 6 heteroatoms. The Kier molecular flexibility index (Phi) is 6.97. The molecular formula is C19H19Cl2FN2O. The Balaban J connectivity index is 2.25. The van der Waals surface area contributed by atoms with E-state index >= 15 is 0 Å². The monoisotopic (exact) mass is 380 g/mol. The number of ketones is 1. The summed E-state index contributed by atoms with van der Waals surface area (Å²) in [5, 5.41) is 3.97. The molecule has 0 bridgehead atoms. The van der Waals surface area contributed by atoms with E-state index in [9.17, 15) is 9.18 Å². The van der Waals surface area contributed by atoms with Crippen LogP contribution in [0.1, 0.15) is 20.3 Å². The standard InChI is InChI=1S/C19H19Cl2FN2O/c1-12(2)8-19(25)18(11-23-15-5-3-4-13(20)9-15)24-17-7-6-14(21)10-16(17)22/h3-7,9-10,12,23H,8,11H2,1-2H3. The van der Waals surface area contributed by atoms with Crippen LogP contribution in [0.4, 0.5) is 15.8 Å². The first-order chi connectivity index (χ1) is 11.8. The van der Waals surface area contributed by atoms with Gasteiger partial charge in [-0.1, -0.05) is 43.1 Å². The van der Waals surface area contributed by atoms with Crippen molar-refractivity contribution >= 4 is 46.1 Å². The summed E-state index contributed by atoms with van der Waals surface area (Å²) < 4.78 is 14.0. The highest BCUT2D eigenvalue weighted by Crippen LogP contribution is 2.22. The molecule has 0 unspecified atom stereocenters. The minimum atomic E-state index is -0.565. The maximum atomic E-state index is 14.0. The van der Waals surface area contributed by atoms with E-state index in [1.165, 1.54) is 12.1 Å². The van der Waals surface area contributed by atoms with Crippen molar-refractivity contribution in [3.05, 3.63) is 58.3 Å². The van der Waals surface area contributed by atoms with Gasteiger partial charge in [-0.2, -0.15) is 0 Å². The van der Waals surface area contributed by atoms with Gasteiger partial charge in [0.1, 0.15) is 11.5 Å². The summed E-state index contributed by atoms with van der Waals surface area (Å²) in [6, 6.07) is 11.3. The third-order valence-corrected chi connectivity index (χ3v) is 3.84. The predicted octanol–water partition coefficient (Wildman–Crippen LogP) is 5.93. The number of aliphatic imine (C=N–C) groups is 1. The number of Topliss-reactive ketones (excluding diaryl/α,β-unsaturated/α-hetero) is 1. The van der Waals surface area contributed by atoms with Gasteiger partial charge in [0.15, 0.2) is 5.78 Å². The number of nitrogens with zero attached hydrogens (tertiary/aromatic N) is 1. The Hall–Kier alpha value is -1.91. The van der Waals surface area contributed by atoms with Crippen LogP contribution in [0.3, 0.4) is 0 Å². The summed E-state index contributed by atoms with van der Waals surface area (Å²) in [6.45, 7) is 4.07. The average molecular weight is 381 g/mol. The molecule has 2 rings (SSSR count). The van der Waals surface area contributed by atoms with Crippen LogP contribution in [0, 0.1) is 11.7 Å². The van der Waals surface area contributed by atoms with E-state index in [1.54, 1.807) is 24.3 Å². The molecule has 1 N–H and O–H groups in total. The largest absolute Gasteiger partial charge is 0.379 e. The molecule has 0 radical (unpaired) electrons. The summed E-state index contributed by atoms with van der Waals surface area (Å²) in [5.74, 6) is -0.511. The molecular weight excluding hydrogens is 362 g/mol. The van der Waals surface area contributed by atoms with Crippen molar-refractivity contribution in [1.29, 1.82) is 0 Å². The zero-order valence-corrected chi connectivity index (χ0v) is 15.5. The quantitative estimate of drug-likeness (QED) is 0.604. The Morgan fingerprint density at radius 2 is 1.88 bits per heavy atom. The lowest BCUT2D eigenvalue weighted by atomic mass is 10.0. The molecule has 0 spiro atoms. The molecule has 0 aliphatic heterocycles. The summed E-state index contributed by atoms with van der Waals surface area (Å²) in [7, 11) is 0. The second-order valence-corrected chi connectivity index (χ2v) is 6.91. The third kappa shape index (κ3) is 6.15. The molecule has 0 saturated carbocycles. The summed E-state index contributed by atoms with van der Waals surface area (Å²) in [4.78, 5) is 16.7. The predicted molar refractivity (Wildman–Crippen MR) is 103 cm³/mol. The zero-order valence-electron chi connectivity index (χ0n) is 14.0. The van der Waals surface area contributed by atoms with Crippen LogP contribution >= 0.6 is 23.2 Å². The van der Waals surface area contributed by atoms with Crippen LogP contribution < -0.4 is 5.32 Å². The van der Waals surface area contributed by atoms with E-state index in [-0.39, 0.29) is 34.7 Å². The van der Waals surface area contributed by atoms with Gasteiger partial charge >= 0.3 is 0 Å². The van der Waals surface area contributed by atoms with Gasteiger partial charge in [-0.25, -0.2) is 9.38 Å². The molecule has 2 aromatic rings. The molecule has 25 heavy (non-hydrogen) atoms.